The number of hydrogen-bond acceptors (Lipinski definition) is 3. The van der Waals surface area contributed by atoms with Gasteiger partial charge in [-0.2, -0.15) is 0 Å². The number of rotatable bonds is 8. The van der Waals surface area contributed by atoms with Crippen LogP contribution in [0.5, 0.6) is 5.75 Å². The van der Waals surface area contributed by atoms with Crippen molar-refractivity contribution in [1.82, 2.24) is 0 Å². The Morgan fingerprint density at radius 3 is 2.28 bits per heavy atom. The van der Waals surface area contributed by atoms with E-state index >= 15 is 0 Å². The zero-order chi connectivity index (χ0) is 13.4. The molecule has 102 valence electrons. The Hall–Kier alpha value is -1.22. The van der Waals surface area contributed by atoms with E-state index in [0.29, 0.717) is 6.54 Å². The van der Waals surface area contributed by atoms with E-state index < -0.39 is 0 Å². The Morgan fingerprint density at radius 1 is 1.17 bits per heavy atom. The molecule has 18 heavy (non-hydrogen) atoms. The molecule has 0 bridgehead atoms. The summed E-state index contributed by atoms with van der Waals surface area (Å²) in [7, 11) is 1.70. The molecular formula is C15H26N2O. The van der Waals surface area contributed by atoms with Crippen molar-refractivity contribution in [3.8, 4) is 5.75 Å². The quantitative estimate of drug-likeness (QED) is 0.743. The Labute approximate surface area is 111 Å². The Morgan fingerprint density at radius 2 is 1.78 bits per heavy atom. The third kappa shape index (κ3) is 3.64. The first-order valence-electron chi connectivity index (χ1n) is 6.82. The van der Waals surface area contributed by atoms with Gasteiger partial charge in [0.2, 0.25) is 0 Å². The van der Waals surface area contributed by atoms with Gasteiger partial charge in [0.15, 0.2) is 0 Å². The summed E-state index contributed by atoms with van der Waals surface area (Å²) in [6.07, 6.45) is 4.41. The second-order valence-corrected chi connectivity index (χ2v) is 4.81. The minimum atomic E-state index is -0.0157. The van der Waals surface area contributed by atoms with Crippen LogP contribution >= 0.6 is 0 Å². The van der Waals surface area contributed by atoms with Crippen LogP contribution in [-0.4, -0.2) is 19.2 Å². The van der Waals surface area contributed by atoms with Crippen LogP contribution in [0, 0.1) is 0 Å². The molecular weight excluding hydrogens is 224 g/mol. The van der Waals surface area contributed by atoms with Gasteiger partial charge in [0.25, 0.3) is 0 Å². The Kier molecular flexibility index (Phi) is 5.99. The van der Waals surface area contributed by atoms with E-state index in [1.807, 2.05) is 18.2 Å². The van der Waals surface area contributed by atoms with Crippen molar-refractivity contribution in [2.75, 3.05) is 19.0 Å². The van der Waals surface area contributed by atoms with Gasteiger partial charge in [-0.25, -0.2) is 0 Å². The summed E-state index contributed by atoms with van der Waals surface area (Å²) in [6.45, 7) is 5.04. The van der Waals surface area contributed by atoms with Crippen molar-refractivity contribution in [3.63, 3.8) is 0 Å². The number of ether oxygens (including phenoxy) is 1. The molecule has 0 aliphatic carbocycles. The fourth-order valence-electron chi connectivity index (χ4n) is 2.50. The maximum Gasteiger partial charge on any atom is 0.141 e. The number of nitrogens with one attached hydrogen (secondary N) is 1. The summed E-state index contributed by atoms with van der Waals surface area (Å²) in [5, 5.41) is 3.61. The van der Waals surface area contributed by atoms with Crippen molar-refractivity contribution < 1.29 is 4.74 Å². The highest BCUT2D eigenvalue weighted by Gasteiger charge is 2.27. The summed E-state index contributed by atoms with van der Waals surface area (Å²) in [5.74, 6) is 0.877. The summed E-state index contributed by atoms with van der Waals surface area (Å²) in [4.78, 5) is 0. The van der Waals surface area contributed by atoms with Crippen LogP contribution < -0.4 is 15.8 Å². The van der Waals surface area contributed by atoms with E-state index in [0.717, 1.165) is 37.1 Å². The van der Waals surface area contributed by atoms with Gasteiger partial charge in [-0.05, 0) is 25.0 Å². The molecule has 0 aliphatic heterocycles. The molecule has 0 aromatic heterocycles. The van der Waals surface area contributed by atoms with E-state index in [2.05, 4.69) is 25.2 Å². The normalized spacial score (nSPS) is 11.3. The van der Waals surface area contributed by atoms with Gasteiger partial charge in [-0.15, -0.1) is 0 Å². The summed E-state index contributed by atoms with van der Waals surface area (Å²) >= 11 is 0. The smallest absolute Gasteiger partial charge is 0.141 e. The molecule has 0 unspecified atom stereocenters. The fraction of sp³-hybridized carbons (Fsp3) is 0.600. The Balaban J connectivity index is 2.94. The van der Waals surface area contributed by atoms with E-state index in [1.54, 1.807) is 7.11 Å². The third-order valence-corrected chi connectivity index (χ3v) is 3.35. The fourth-order valence-corrected chi connectivity index (χ4v) is 2.50. The molecule has 3 nitrogen and oxygen atoms in total. The van der Waals surface area contributed by atoms with Gasteiger partial charge in [0.1, 0.15) is 5.75 Å². The summed E-state index contributed by atoms with van der Waals surface area (Å²) in [6, 6.07) is 8.02. The molecule has 0 amide bonds. The van der Waals surface area contributed by atoms with Gasteiger partial charge < -0.3 is 15.8 Å². The standard InChI is InChI=1S/C15H26N2O/c1-4-10-15(12-16,11-5-2)17-13-8-6-7-9-14(13)18-3/h6-9,17H,4-5,10-12,16H2,1-3H3. The molecule has 3 N–H and O–H groups in total. The molecule has 0 heterocycles. The van der Waals surface area contributed by atoms with E-state index in [4.69, 9.17) is 10.5 Å². The van der Waals surface area contributed by atoms with E-state index in [1.165, 1.54) is 0 Å². The van der Waals surface area contributed by atoms with Crippen molar-refractivity contribution >= 4 is 5.69 Å². The van der Waals surface area contributed by atoms with Crippen LogP contribution in [0.15, 0.2) is 24.3 Å². The number of hydrogen-bond donors (Lipinski definition) is 2. The molecule has 1 aromatic carbocycles. The van der Waals surface area contributed by atoms with Gasteiger partial charge in [0, 0.05) is 12.1 Å². The average molecular weight is 250 g/mol. The number of para-hydroxylation sites is 2. The maximum absolute atomic E-state index is 6.02. The molecule has 1 aromatic rings. The molecule has 0 aliphatic rings. The number of benzene rings is 1. The highest BCUT2D eigenvalue weighted by molar-refractivity contribution is 5.57. The lowest BCUT2D eigenvalue weighted by Crippen LogP contribution is -2.45. The molecule has 0 radical (unpaired) electrons. The lowest BCUT2D eigenvalue weighted by molar-refractivity contribution is 0.390. The summed E-state index contributed by atoms with van der Waals surface area (Å²) in [5.41, 5.74) is 7.03. The highest BCUT2D eigenvalue weighted by Crippen LogP contribution is 2.30. The molecule has 0 saturated carbocycles. The van der Waals surface area contributed by atoms with Crippen molar-refractivity contribution in [2.24, 2.45) is 5.73 Å². The molecule has 1 rings (SSSR count). The highest BCUT2D eigenvalue weighted by atomic mass is 16.5. The van der Waals surface area contributed by atoms with E-state index in [-0.39, 0.29) is 5.54 Å². The molecule has 0 fully saturated rings. The number of nitrogens with two attached hydrogens (primary N) is 1. The largest absolute Gasteiger partial charge is 0.495 e. The second-order valence-electron chi connectivity index (χ2n) is 4.81. The zero-order valence-electron chi connectivity index (χ0n) is 11.8. The first-order valence-corrected chi connectivity index (χ1v) is 6.82. The lowest BCUT2D eigenvalue weighted by atomic mass is 9.88. The van der Waals surface area contributed by atoms with Crippen LogP contribution in [0.25, 0.3) is 0 Å². The van der Waals surface area contributed by atoms with Crippen molar-refractivity contribution in [1.29, 1.82) is 0 Å². The summed E-state index contributed by atoms with van der Waals surface area (Å²) < 4.78 is 5.39. The van der Waals surface area contributed by atoms with Gasteiger partial charge in [0.05, 0.1) is 12.8 Å². The van der Waals surface area contributed by atoms with Gasteiger partial charge in [-0.3, -0.25) is 0 Å². The molecule has 0 saturated heterocycles. The molecule has 3 heteroatoms. The number of anilines is 1. The van der Waals surface area contributed by atoms with Crippen molar-refractivity contribution in [2.45, 2.75) is 45.1 Å². The predicted octanol–water partition coefficient (Wildman–Crippen LogP) is 3.40. The molecule has 0 spiro atoms. The lowest BCUT2D eigenvalue weighted by Gasteiger charge is -2.35. The van der Waals surface area contributed by atoms with Gasteiger partial charge in [-0.1, -0.05) is 38.8 Å². The van der Waals surface area contributed by atoms with Crippen LogP contribution in [0.2, 0.25) is 0 Å². The number of methoxy groups -OCH3 is 1. The second kappa shape index (κ2) is 7.27. The Bertz CT molecular complexity index is 346. The molecule has 0 atom stereocenters. The monoisotopic (exact) mass is 250 g/mol. The van der Waals surface area contributed by atoms with Gasteiger partial charge >= 0.3 is 0 Å². The van der Waals surface area contributed by atoms with Crippen LogP contribution in [0.4, 0.5) is 5.69 Å². The predicted molar refractivity (Wildman–Crippen MR) is 78.2 cm³/mol. The first-order chi connectivity index (χ1) is 8.71. The minimum absolute atomic E-state index is 0.0157. The average Bonchev–Trinajstić information content (AvgIpc) is 2.40. The third-order valence-electron chi connectivity index (χ3n) is 3.35. The van der Waals surface area contributed by atoms with E-state index in [9.17, 15) is 0 Å². The van der Waals surface area contributed by atoms with Crippen molar-refractivity contribution in [3.05, 3.63) is 24.3 Å². The zero-order valence-corrected chi connectivity index (χ0v) is 11.8. The SMILES string of the molecule is CCCC(CN)(CCC)Nc1ccccc1OC. The van der Waals surface area contributed by atoms with Crippen LogP contribution in [0.1, 0.15) is 39.5 Å². The topological polar surface area (TPSA) is 47.3 Å². The maximum atomic E-state index is 6.02. The van der Waals surface area contributed by atoms with Crippen LogP contribution in [0.3, 0.4) is 0 Å². The minimum Gasteiger partial charge on any atom is -0.495 e. The van der Waals surface area contributed by atoms with Crippen LogP contribution in [-0.2, 0) is 0 Å². The first kappa shape index (κ1) is 14.8.